The molecule has 0 radical (unpaired) electrons. The zero-order valence-electron chi connectivity index (χ0n) is 14.2. The second kappa shape index (κ2) is 5.86. The highest BCUT2D eigenvalue weighted by Crippen LogP contribution is 2.41. The highest BCUT2D eigenvalue weighted by molar-refractivity contribution is 5.76. The van der Waals surface area contributed by atoms with E-state index in [1.807, 2.05) is 24.6 Å². The molecule has 124 valence electrons. The van der Waals surface area contributed by atoms with Gasteiger partial charge in [0.2, 0.25) is 6.79 Å². The molecule has 0 spiro atoms. The lowest BCUT2D eigenvalue weighted by Gasteiger charge is -2.15. The molecule has 0 aliphatic carbocycles. The number of fused-ring (bicyclic) bond motifs is 2. The summed E-state index contributed by atoms with van der Waals surface area (Å²) in [5.41, 5.74) is 5.37. The summed E-state index contributed by atoms with van der Waals surface area (Å²) < 4.78 is 17.0. The van der Waals surface area contributed by atoms with E-state index in [0.29, 0.717) is 12.7 Å². The third-order valence-electron chi connectivity index (χ3n) is 4.65. The van der Waals surface area contributed by atoms with Crippen LogP contribution in [-0.2, 0) is 6.42 Å². The fourth-order valence-electron chi connectivity index (χ4n) is 3.27. The van der Waals surface area contributed by atoms with E-state index in [1.54, 1.807) is 0 Å². The quantitative estimate of drug-likeness (QED) is 0.676. The van der Waals surface area contributed by atoms with Crippen LogP contribution in [0.2, 0.25) is 0 Å². The number of pyridine rings is 1. The van der Waals surface area contributed by atoms with Gasteiger partial charge in [0.25, 0.3) is 0 Å². The van der Waals surface area contributed by atoms with Gasteiger partial charge in [0.15, 0.2) is 17.1 Å². The van der Waals surface area contributed by atoms with Crippen LogP contribution in [0.3, 0.4) is 0 Å². The molecule has 24 heavy (non-hydrogen) atoms. The molecule has 1 aromatic carbocycles. The van der Waals surface area contributed by atoms with Gasteiger partial charge in [-0.2, -0.15) is 0 Å². The van der Waals surface area contributed by atoms with Crippen LogP contribution in [0.5, 0.6) is 11.5 Å². The van der Waals surface area contributed by atoms with E-state index in [9.17, 15) is 0 Å². The Hall–Kier alpha value is -2.49. The summed E-state index contributed by atoms with van der Waals surface area (Å²) in [5.74, 6) is 2.47. The van der Waals surface area contributed by atoms with Crippen LogP contribution in [-0.4, -0.2) is 11.8 Å². The van der Waals surface area contributed by atoms with Crippen molar-refractivity contribution >= 4 is 11.1 Å². The van der Waals surface area contributed by atoms with E-state index in [4.69, 9.17) is 13.9 Å². The van der Waals surface area contributed by atoms with Crippen molar-refractivity contribution in [3.05, 3.63) is 53.4 Å². The number of hydrogen-bond acceptors (Lipinski definition) is 4. The van der Waals surface area contributed by atoms with E-state index < -0.39 is 0 Å². The van der Waals surface area contributed by atoms with Gasteiger partial charge < -0.3 is 13.9 Å². The van der Waals surface area contributed by atoms with Gasteiger partial charge in [0, 0.05) is 11.8 Å². The van der Waals surface area contributed by atoms with Gasteiger partial charge in [-0.1, -0.05) is 26.8 Å². The number of furan rings is 1. The summed E-state index contributed by atoms with van der Waals surface area (Å²) in [6.45, 7) is 6.88. The Labute approximate surface area is 141 Å². The predicted molar refractivity (Wildman–Crippen MR) is 92.8 cm³/mol. The monoisotopic (exact) mass is 323 g/mol. The summed E-state index contributed by atoms with van der Waals surface area (Å²) >= 11 is 0. The number of nitrogens with zero attached hydrogens (tertiary/aromatic N) is 1. The van der Waals surface area contributed by atoms with Crippen molar-refractivity contribution < 1.29 is 13.9 Å². The van der Waals surface area contributed by atoms with Crippen molar-refractivity contribution in [3.8, 4) is 11.5 Å². The van der Waals surface area contributed by atoms with Crippen LogP contribution >= 0.6 is 0 Å². The largest absolute Gasteiger partial charge is 0.462 e. The lowest BCUT2D eigenvalue weighted by molar-refractivity contribution is 0.173. The highest BCUT2D eigenvalue weighted by atomic mass is 16.7. The van der Waals surface area contributed by atoms with Crippen LogP contribution in [0.15, 0.2) is 41.1 Å². The third-order valence-corrected chi connectivity index (χ3v) is 4.65. The first-order valence-corrected chi connectivity index (χ1v) is 8.38. The van der Waals surface area contributed by atoms with E-state index >= 15 is 0 Å². The molecular weight excluding hydrogens is 302 g/mol. The fourth-order valence-corrected chi connectivity index (χ4v) is 3.27. The molecule has 4 heteroatoms. The molecule has 1 aliphatic rings. The zero-order chi connectivity index (χ0) is 16.7. The molecule has 1 atom stereocenters. The summed E-state index contributed by atoms with van der Waals surface area (Å²) in [5, 5.41) is 0. The molecule has 0 saturated carbocycles. The molecule has 1 unspecified atom stereocenters. The third kappa shape index (κ3) is 2.52. The highest BCUT2D eigenvalue weighted by Gasteiger charge is 2.23. The normalized spacial score (nSPS) is 14.5. The SMILES string of the molecule is CC(C)c1cc(CC(C)c2coc3cccnc23)c2c(c1)OCO2. The summed E-state index contributed by atoms with van der Waals surface area (Å²) in [6.07, 6.45) is 4.49. The number of ether oxygens (including phenoxy) is 2. The average molecular weight is 323 g/mol. The lowest BCUT2D eigenvalue weighted by atomic mass is 9.91. The molecule has 0 amide bonds. The summed E-state index contributed by atoms with van der Waals surface area (Å²) in [4.78, 5) is 4.47. The minimum Gasteiger partial charge on any atom is -0.462 e. The van der Waals surface area contributed by atoms with E-state index in [-0.39, 0.29) is 5.92 Å². The van der Waals surface area contributed by atoms with Crippen molar-refractivity contribution in [1.29, 1.82) is 0 Å². The van der Waals surface area contributed by atoms with Crippen LogP contribution < -0.4 is 9.47 Å². The van der Waals surface area contributed by atoms with Gasteiger partial charge in [0.1, 0.15) is 5.52 Å². The van der Waals surface area contributed by atoms with Crippen LogP contribution in [0.25, 0.3) is 11.1 Å². The maximum absolute atomic E-state index is 5.71. The van der Waals surface area contributed by atoms with Gasteiger partial charge in [-0.3, -0.25) is 4.98 Å². The Morgan fingerprint density at radius 1 is 1.17 bits per heavy atom. The number of rotatable bonds is 4. The van der Waals surface area contributed by atoms with E-state index in [2.05, 4.69) is 37.9 Å². The smallest absolute Gasteiger partial charge is 0.231 e. The molecule has 4 nitrogen and oxygen atoms in total. The van der Waals surface area contributed by atoms with Crippen LogP contribution in [0, 0.1) is 0 Å². The maximum Gasteiger partial charge on any atom is 0.231 e. The van der Waals surface area contributed by atoms with Crippen molar-refractivity contribution in [2.24, 2.45) is 0 Å². The summed E-state index contributed by atoms with van der Waals surface area (Å²) in [7, 11) is 0. The molecule has 3 heterocycles. The number of hydrogen-bond donors (Lipinski definition) is 0. The standard InChI is InChI=1S/C20H21NO3/c1-12(2)14-8-15(20-18(9-14)23-11-24-20)7-13(3)16-10-22-17-5-4-6-21-19(16)17/h4-6,8-10,12-13H,7,11H2,1-3H3. The van der Waals surface area contributed by atoms with Gasteiger partial charge >= 0.3 is 0 Å². The maximum atomic E-state index is 5.71. The van der Waals surface area contributed by atoms with Gasteiger partial charge in [-0.15, -0.1) is 0 Å². The molecule has 0 N–H and O–H groups in total. The number of aromatic nitrogens is 1. The first-order valence-electron chi connectivity index (χ1n) is 8.38. The number of benzene rings is 1. The Morgan fingerprint density at radius 2 is 2.04 bits per heavy atom. The first kappa shape index (κ1) is 15.1. The van der Waals surface area contributed by atoms with E-state index in [1.165, 1.54) is 11.1 Å². The molecule has 0 fully saturated rings. The van der Waals surface area contributed by atoms with Gasteiger partial charge in [-0.05, 0) is 47.6 Å². The Bertz CT molecular complexity index is 882. The zero-order valence-corrected chi connectivity index (χ0v) is 14.2. The Morgan fingerprint density at radius 3 is 2.88 bits per heavy atom. The molecule has 0 bridgehead atoms. The van der Waals surface area contributed by atoms with Crippen LogP contribution in [0.1, 0.15) is 49.3 Å². The first-order chi connectivity index (χ1) is 11.6. The minimum absolute atomic E-state index is 0.275. The Balaban J connectivity index is 1.70. The van der Waals surface area contributed by atoms with Crippen LogP contribution in [0.4, 0.5) is 0 Å². The molecule has 1 aliphatic heterocycles. The van der Waals surface area contributed by atoms with Crippen molar-refractivity contribution in [1.82, 2.24) is 4.98 Å². The molecule has 2 aromatic heterocycles. The fraction of sp³-hybridized carbons (Fsp3) is 0.350. The van der Waals surface area contributed by atoms with Gasteiger partial charge in [-0.25, -0.2) is 0 Å². The molecule has 3 aromatic rings. The lowest BCUT2D eigenvalue weighted by Crippen LogP contribution is -2.01. The molecule has 0 saturated heterocycles. The Kier molecular flexibility index (Phi) is 3.68. The second-order valence-corrected chi connectivity index (χ2v) is 6.71. The summed E-state index contributed by atoms with van der Waals surface area (Å²) in [6, 6.07) is 8.18. The average Bonchev–Trinajstić information content (AvgIpc) is 3.21. The topological polar surface area (TPSA) is 44.5 Å². The van der Waals surface area contributed by atoms with Gasteiger partial charge in [0.05, 0.1) is 6.26 Å². The predicted octanol–water partition coefficient (Wildman–Crippen LogP) is 5.03. The second-order valence-electron chi connectivity index (χ2n) is 6.71. The van der Waals surface area contributed by atoms with Crippen molar-refractivity contribution in [3.63, 3.8) is 0 Å². The van der Waals surface area contributed by atoms with Crippen molar-refractivity contribution in [2.45, 2.75) is 39.0 Å². The minimum atomic E-state index is 0.275. The van der Waals surface area contributed by atoms with E-state index in [0.717, 1.165) is 34.6 Å². The van der Waals surface area contributed by atoms with Crippen molar-refractivity contribution in [2.75, 3.05) is 6.79 Å². The molecular formula is C20H21NO3. The molecule has 4 rings (SSSR count).